The zero-order valence-electron chi connectivity index (χ0n) is 12.6. The van der Waals surface area contributed by atoms with Crippen LogP contribution in [0.4, 0.5) is 4.79 Å². The quantitative estimate of drug-likeness (QED) is 0.499. The van der Waals surface area contributed by atoms with Crippen LogP contribution in [0.2, 0.25) is 0 Å². The molecular weight excluding hydrogens is 328 g/mol. The van der Waals surface area contributed by atoms with Gasteiger partial charge in [-0.05, 0) is 5.56 Å². The number of nitrogens with one attached hydrogen (secondary N) is 2. The van der Waals surface area contributed by atoms with Gasteiger partial charge in [-0.2, -0.15) is 8.42 Å². The van der Waals surface area contributed by atoms with Crippen molar-refractivity contribution in [1.29, 1.82) is 0 Å². The number of alkyl carbamates (subject to hydrolysis) is 1. The Morgan fingerprint density at radius 1 is 1.22 bits per heavy atom. The van der Waals surface area contributed by atoms with Gasteiger partial charge < -0.3 is 10.1 Å². The van der Waals surface area contributed by atoms with E-state index in [4.69, 9.17) is 4.74 Å². The van der Waals surface area contributed by atoms with Gasteiger partial charge in [-0.1, -0.05) is 30.3 Å². The largest absolute Gasteiger partial charge is 0.445 e. The number of hydrogen-bond acceptors (Lipinski definition) is 7. The summed E-state index contributed by atoms with van der Waals surface area (Å²) in [5.41, 5.74) is 2.73. The van der Waals surface area contributed by atoms with Crippen LogP contribution in [0.1, 0.15) is 5.56 Å². The van der Waals surface area contributed by atoms with E-state index < -0.39 is 34.8 Å². The monoisotopic (exact) mass is 346 g/mol. The van der Waals surface area contributed by atoms with Gasteiger partial charge in [-0.3, -0.25) is 13.8 Å². The maximum absolute atomic E-state index is 11.7. The maximum Gasteiger partial charge on any atom is 0.408 e. The lowest BCUT2D eigenvalue weighted by Gasteiger charge is -2.17. The van der Waals surface area contributed by atoms with E-state index in [1.807, 2.05) is 11.5 Å². The number of ether oxygens (including phenoxy) is 1. The fourth-order valence-corrected chi connectivity index (χ4v) is 1.84. The minimum atomic E-state index is -3.77. The van der Waals surface area contributed by atoms with Crippen molar-refractivity contribution in [2.75, 3.05) is 20.0 Å². The van der Waals surface area contributed by atoms with E-state index in [1.165, 1.54) is 7.11 Å². The van der Waals surface area contributed by atoms with Crippen LogP contribution in [0.25, 0.3) is 0 Å². The van der Waals surface area contributed by atoms with Gasteiger partial charge in [0, 0.05) is 0 Å². The van der Waals surface area contributed by atoms with Gasteiger partial charge in [0.05, 0.1) is 20.0 Å². The normalized spacial score (nSPS) is 12.3. The molecule has 0 aliphatic carbocycles. The molecule has 0 aromatic heterocycles. The van der Waals surface area contributed by atoms with Gasteiger partial charge in [0.15, 0.2) is 0 Å². The number of benzene rings is 1. The molecule has 2 amide bonds. The van der Waals surface area contributed by atoms with Gasteiger partial charge >= 0.3 is 6.09 Å². The fraction of sp³-hybridized carbons (Fsp3) is 0.385. The second kappa shape index (κ2) is 9.08. The van der Waals surface area contributed by atoms with Gasteiger partial charge in [-0.15, -0.1) is 0 Å². The highest BCUT2D eigenvalue weighted by Gasteiger charge is 2.23. The Bertz CT molecular complexity index is 618. The first kappa shape index (κ1) is 18.9. The van der Waals surface area contributed by atoms with Crippen LogP contribution < -0.4 is 10.8 Å². The van der Waals surface area contributed by atoms with Crippen molar-refractivity contribution in [3.63, 3.8) is 0 Å². The number of hydroxylamine groups is 1. The van der Waals surface area contributed by atoms with Crippen LogP contribution in [-0.4, -0.2) is 46.4 Å². The standard InChI is InChI=1S/C13H18N2O7S/c1-20-15-12(16)11(9-22-23(2,18)19)14-13(17)21-8-10-6-4-3-5-7-10/h3-7,11H,8-9H2,1-2H3,(H,14,17)(H,15,16)/t11-/m1/s1. The minimum Gasteiger partial charge on any atom is -0.445 e. The SMILES string of the molecule is CONC(=O)[C@@H](COS(C)(=O)=O)NC(=O)OCc1ccccc1. The molecule has 0 aliphatic heterocycles. The van der Waals surface area contributed by atoms with E-state index >= 15 is 0 Å². The highest BCUT2D eigenvalue weighted by atomic mass is 32.2. The van der Waals surface area contributed by atoms with E-state index in [0.717, 1.165) is 11.8 Å². The molecular formula is C13H18N2O7S. The predicted molar refractivity (Wildman–Crippen MR) is 79.5 cm³/mol. The van der Waals surface area contributed by atoms with Crippen LogP contribution in [-0.2, 0) is 35.3 Å². The van der Waals surface area contributed by atoms with Crippen molar-refractivity contribution in [2.24, 2.45) is 0 Å². The Kier molecular flexibility index (Phi) is 7.45. The molecule has 9 nitrogen and oxygen atoms in total. The zero-order chi connectivity index (χ0) is 17.3. The van der Waals surface area contributed by atoms with Gasteiger partial charge in [0.1, 0.15) is 12.6 Å². The summed E-state index contributed by atoms with van der Waals surface area (Å²) in [6.07, 6.45) is -0.0753. The summed E-state index contributed by atoms with van der Waals surface area (Å²) in [6, 6.07) is 7.60. The fourth-order valence-electron chi connectivity index (χ4n) is 1.45. The Morgan fingerprint density at radius 3 is 2.43 bits per heavy atom. The molecule has 0 aliphatic rings. The number of rotatable bonds is 8. The van der Waals surface area contributed by atoms with E-state index in [2.05, 4.69) is 14.3 Å². The van der Waals surface area contributed by atoms with Crippen LogP contribution in [0, 0.1) is 0 Å². The molecule has 0 saturated heterocycles. The van der Waals surface area contributed by atoms with Crippen LogP contribution in [0.3, 0.4) is 0 Å². The predicted octanol–water partition coefficient (Wildman–Crippen LogP) is -0.0648. The first-order chi connectivity index (χ1) is 10.8. The van der Waals surface area contributed by atoms with Crippen molar-refractivity contribution in [3.05, 3.63) is 35.9 Å². The molecule has 0 spiro atoms. The first-order valence-corrected chi connectivity index (χ1v) is 8.28. The number of carbonyl (C=O) groups excluding carboxylic acids is 2. The second-order valence-corrected chi connectivity index (χ2v) is 6.06. The number of amides is 2. The van der Waals surface area contributed by atoms with Crippen LogP contribution in [0.15, 0.2) is 30.3 Å². The van der Waals surface area contributed by atoms with Crippen molar-refractivity contribution in [2.45, 2.75) is 12.6 Å². The summed E-state index contributed by atoms with van der Waals surface area (Å²) < 4.78 is 31.4. The van der Waals surface area contributed by atoms with Crippen molar-refractivity contribution >= 4 is 22.1 Å². The smallest absolute Gasteiger partial charge is 0.408 e. The third-order valence-electron chi connectivity index (χ3n) is 2.47. The van der Waals surface area contributed by atoms with E-state index in [0.29, 0.717) is 0 Å². The van der Waals surface area contributed by atoms with E-state index in [1.54, 1.807) is 24.3 Å². The van der Waals surface area contributed by atoms with Crippen LogP contribution in [0.5, 0.6) is 0 Å². The third-order valence-corrected chi connectivity index (χ3v) is 3.04. The van der Waals surface area contributed by atoms with Gasteiger partial charge in [0.2, 0.25) is 0 Å². The van der Waals surface area contributed by atoms with Crippen molar-refractivity contribution in [3.8, 4) is 0 Å². The molecule has 1 rings (SSSR count). The van der Waals surface area contributed by atoms with Crippen molar-refractivity contribution < 1.29 is 31.8 Å². The molecule has 0 radical (unpaired) electrons. The summed E-state index contributed by atoms with van der Waals surface area (Å²) in [5, 5.41) is 2.20. The Labute approximate surface area is 134 Å². The molecule has 0 fully saturated rings. The number of carbonyl (C=O) groups is 2. The van der Waals surface area contributed by atoms with Gasteiger partial charge in [-0.25, -0.2) is 10.3 Å². The summed E-state index contributed by atoms with van der Waals surface area (Å²) in [7, 11) is -2.58. The summed E-state index contributed by atoms with van der Waals surface area (Å²) in [6.45, 7) is -0.591. The van der Waals surface area contributed by atoms with Crippen LogP contribution >= 0.6 is 0 Å². The minimum absolute atomic E-state index is 0.00176. The molecule has 128 valence electrons. The number of hydrogen-bond donors (Lipinski definition) is 2. The Hall–Kier alpha value is -2.17. The zero-order valence-corrected chi connectivity index (χ0v) is 13.5. The Balaban J connectivity index is 2.56. The molecule has 0 heterocycles. The molecule has 1 aromatic rings. The molecule has 0 bridgehead atoms. The molecule has 1 atom stereocenters. The topological polar surface area (TPSA) is 120 Å². The second-order valence-electron chi connectivity index (χ2n) is 4.42. The molecule has 0 unspecified atom stereocenters. The highest BCUT2D eigenvalue weighted by Crippen LogP contribution is 2.01. The summed E-state index contributed by atoms with van der Waals surface area (Å²) in [5.74, 6) is -0.784. The van der Waals surface area contributed by atoms with Crippen molar-refractivity contribution in [1.82, 2.24) is 10.8 Å². The molecule has 0 saturated carbocycles. The molecule has 10 heteroatoms. The summed E-state index contributed by atoms with van der Waals surface area (Å²) in [4.78, 5) is 27.8. The lowest BCUT2D eigenvalue weighted by molar-refractivity contribution is -0.134. The Morgan fingerprint density at radius 2 is 1.87 bits per heavy atom. The summed E-state index contributed by atoms with van der Waals surface area (Å²) >= 11 is 0. The van der Waals surface area contributed by atoms with Gasteiger partial charge in [0.25, 0.3) is 16.0 Å². The lowest BCUT2D eigenvalue weighted by Crippen LogP contribution is -2.49. The highest BCUT2D eigenvalue weighted by molar-refractivity contribution is 7.85. The lowest BCUT2D eigenvalue weighted by atomic mass is 10.2. The maximum atomic E-state index is 11.7. The van der Waals surface area contributed by atoms with E-state index in [-0.39, 0.29) is 6.61 Å². The third kappa shape index (κ3) is 8.14. The molecule has 1 aromatic carbocycles. The van der Waals surface area contributed by atoms with E-state index in [9.17, 15) is 18.0 Å². The average molecular weight is 346 g/mol. The first-order valence-electron chi connectivity index (χ1n) is 6.46. The molecule has 23 heavy (non-hydrogen) atoms. The molecule has 2 N–H and O–H groups in total. The average Bonchev–Trinajstić information content (AvgIpc) is 2.49.